The molecule has 1 fully saturated rings. The van der Waals surface area contributed by atoms with Crippen molar-refractivity contribution in [3.05, 3.63) is 12.4 Å². The van der Waals surface area contributed by atoms with Crippen LogP contribution in [0.4, 0.5) is 14.5 Å². The van der Waals surface area contributed by atoms with Crippen molar-refractivity contribution in [2.45, 2.75) is 25.4 Å². The Morgan fingerprint density at radius 1 is 1.68 bits per heavy atom. The molecule has 0 aromatic carbocycles. The average molecular weight is 290 g/mol. The lowest BCUT2D eigenvalue weighted by Crippen LogP contribution is -2.39. The zero-order valence-corrected chi connectivity index (χ0v) is 11.1. The second-order valence-electron chi connectivity index (χ2n) is 4.32. The molecule has 1 amide bonds. The lowest BCUT2D eigenvalue weighted by molar-refractivity contribution is -0.116. The van der Waals surface area contributed by atoms with Gasteiger partial charge in [0.25, 0.3) is 6.43 Å². The number of hydrogen-bond acceptors (Lipinski definition) is 4. The predicted octanol–water partition coefficient (Wildman–Crippen LogP) is 1.18. The first kappa shape index (κ1) is 14.3. The van der Waals surface area contributed by atoms with E-state index in [0.29, 0.717) is 12.1 Å². The van der Waals surface area contributed by atoms with E-state index in [1.165, 1.54) is 12.4 Å². The number of anilines is 1. The fourth-order valence-corrected chi connectivity index (χ4v) is 2.81. The number of thioether (sulfide) groups is 1. The van der Waals surface area contributed by atoms with Gasteiger partial charge in [-0.1, -0.05) is 0 Å². The third-order valence-electron chi connectivity index (χ3n) is 2.67. The maximum Gasteiger partial charge on any atom is 0.257 e. The summed E-state index contributed by atoms with van der Waals surface area (Å²) >= 11 is 1.82. The molecule has 1 saturated heterocycles. The van der Waals surface area contributed by atoms with E-state index in [4.69, 9.17) is 0 Å². The molecule has 5 nitrogen and oxygen atoms in total. The highest BCUT2D eigenvalue weighted by Crippen LogP contribution is 2.12. The van der Waals surface area contributed by atoms with Gasteiger partial charge in [0.1, 0.15) is 6.54 Å². The monoisotopic (exact) mass is 290 g/mol. The molecule has 0 saturated carbocycles. The first-order valence-electron chi connectivity index (χ1n) is 6.05. The molecule has 0 bridgehead atoms. The van der Waals surface area contributed by atoms with Crippen LogP contribution in [0.15, 0.2) is 12.4 Å². The minimum absolute atomic E-state index is 0.128. The molecule has 0 aliphatic carbocycles. The van der Waals surface area contributed by atoms with E-state index in [9.17, 15) is 13.6 Å². The minimum atomic E-state index is -2.45. The quantitative estimate of drug-likeness (QED) is 0.855. The average Bonchev–Trinajstić information content (AvgIpc) is 2.76. The number of halogens is 2. The summed E-state index contributed by atoms with van der Waals surface area (Å²) in [5.74, 6) is 1.85. The largest absolute Gasteiger partial charge is 0.323 e. The Morgan fingerprint density at radius 2 is 2.53 bits per heavy atom. The highest BCUT2D eigenvalue weighted by atomic mass is 32.2. The molecule has 106 valence electrons. The third kappa shape index (κ3) is 4.79. The molecule has 1 aliphatic rings. The van der Waals surface area contributed by atoms with Gasteiger partial charge in [0, 0.05) is 36.7 Å². The lowest BCUT2D eigenvalue weighted by atomic mass is 10.2. The van der Waals surface area contributed by atoms with Crippen LogP contribution in [-0.4, -0.2) is 46.2 Å². The fraction of sp³-hybridized carbons (Fsp3) is 0.636. The van der Waals surface area contributed by atoms with E-state index in [1.54, 1.807) is 0 Å². The summed E-state index contributed by atoms with van der Waals surface area (Å²) < 4.78 is 25.4. The second kappa shape index (κ2) is 6.85. The molecule has 2 heterocycles. The van der Waals surface area contributed by atoms with Gasteiger partial charge in [-0.2, -0.15) is 16.9 Å². The Hall–Kier alpha value is -1.15. The Balaban J connectivity index is 1.79. The number of aromatic nitrogens is 2. The maximum atomic E-state index is 12.1. The molecule has 0 spiro atoms. The van der Waals surface area contributed by atoms with Crippen molar-refractivity contribution >= 4 is 23.4 Å². The van der Waals surface area contributed by atoms with Gasteiger partial charge in [0.15, 0.2) is 0 Å². The fourth-order valence-electron chi connectivity index (χ4n) is 1.86. The molecule has 1 aromatic heterocycles. The summed E-state index contributed by atoms with van der Waals surface area (Å²) in [5, 5.41) is 9.69. The summed E-state index contributed by atoms with van der Waals surface area (Å²) in [5.41, 5.74) is 0.453. The number of alkyl halides is 2. The van der Waals surface area contributed by atoms with E-state index in [0.717, 1.165) is 22.7 Å². The smallest absolute Gasteiger partial charge is 0.257 e. The summed E-state index contributed by atoms with van der Waals surface area (Å²) in [4.78, 5) is 11.8. The van der Waals surface area contributed by atoms with Crippen LogP contribution in [0.3, 0.4) is 0 Å². The van der Waals surface area contributed by atoms with E-state index in [1.807, 2.05) is 11.8 Å². The summed E-state index contributed by atoms with van der Waals surface area (Å²) in [6.07, 6.45) is 0.718. The van der Waals surface area contributed by atoms with Crippen LogP contribution in [-0.2, 0) is 11.3 Å². The van der Waals surface area contributed by atoms with Crippen molar-refractivity contribution in [2.24, 2.45) is 0 Å². The standard InChI is InChI=1S/C11H16F2N4OS/c12-10(13)6-17-5-9(4-15-17)16-11(18)3-8-7-19-2-1-14-8/h4-5,8,10,14H,1-3,6-7H2,(H,16,18). The zero-order valence-electron chi connectivity index (χ0n) is 10.3. The first-order valence-corrected chi connectivity index (χ1v) is 7.20. The Kier molecular flexibility index (Phi) is 5.15. The van der Waals surface area contributed by atoms with Crippen molar-refractivity contribution in [3.63, 3.8) is 0 Å². The molecule has 2 rings (SSSR count). The molecular formula is C11H16F2N4OS. The number of amides is 1. The Bertz CT molecular complexity index is 421. The van der Waals surface area contributed by atoms with Gasteiger partial charge in [0.05, 0.1) is 11.9 Å². The molecule has 1 atom stereocenters. The predicted molar refractivity (Wildman–Crippen MR) is 70.6 cm³/mol. The van der Waals surface area contributed by atoms with E-state index in [2.05, 4.69) is 15.7 Å². The minimum Gasteiger partial charge on any atom is -0.323 e. The molecule has 8 heteroatoms. The van der Waals surface area contributed by atoms with Crippen molar-refractivity contribution in [1.29, 1.82) is 0 Å². The Labute approximate surface area is 114 Å². The van der Waals surface area contributed by atoms with E-state index < -0.39 is 13.0 Å². The van der Waals surface area contributed by atoms with Crippen molar-refractivity contribution in [3.8, 4) is 0 Å². The third-order valence-corrected chi connectivity index (χ3v) is 3.80. The van der Waals surface area contributed by atoms with Gasteiger partial charge in [-0.3, -0.25) is 9.48 Å². The van der Waals surface area contributed by atoms with Crippen LogP contribution < -0.4 is 10.6 Å². The van der Waals surface area contributed by atoms with Gasteiger partial charge < -0.3 is 10.6 Å². The summed E-state index contributed by atoms with van der Waals surface area (Å²) in [7, 11) is 0. The second-order valence-corrected chi connectivity index (χ2v) is 5.47. The number of hydrogen-bond donors (Lipinski definition) is 2. The van der Waals surface area contributed by atoms with Crippen LogP contribution in [0.1, 0.15) is 6.42 Å². The molecular weight excluding hydrogens is 274 g/mol. The van der Waals surface area contributed by atoms with Gasteiger partial charge in [-0.25, -0.2) is 8.78 Å². The van der Waals surface area contributed by atoms with Crippen LogP contribution >= 0.6 is 11.8 Å². The highest BCUT2D eigenvalue weighted by molar-refractivity contribution is 7.99. The molecule has 2 N–H and O–H groups in total. The van der Waals surface area contributed by atoms with Crippen LogP contribution in [0, 0.1) is 0 Å². The summed E-state index contributed by atoms with van der Waals surface area (Å²) in [6, 6.07) is 0.176. The number of nitrogens with zero attached hydrogens (tertiary/aromatic N) is 2. The van der Waals surface area contributed by atoms with Crippen molar-refractivity contribution in [1.82, 2.24) is 15.1 Å². The van der Waals surface area contributed by atoms with Crippen LogP contribution in [0.5, 0.6) is 0 Å². The lowest BCUT2D eigenvalue weighted by Gasteiger charge is -2.22. The molecule has 1 unspecified atom stereocenters. The highest BCUT2D eigenvalue weighted by Gasteiger charge is 2.17. The zero-order chi connectivity index (χ0) is 13.7. The van der Waals surface area contributed by atoms with Gasteiger partial charge in [-0.05, 0) is 0 Å². The number of nitrogens with one attached hydrogen (secondary N) is 2. The van der Waals surface area contributed by atoms with Crippen LogP contribution in [0.2, 0.25) is 0 Å². The number of rotatable bonds is 5. The maximum absolute atomic E-state index is 12.1. The number of carbonyl (C=O) groups is 1. The van der Waals surface area contributed by atoms with Gasteiger partial charge >= 0.3 is 0 Å². The molecule has 19 heavy (non-hydrogen) atoms. The van der Waals surface area contributed by atoms with Crippen LogP contribution in [0.25, 0.3) is 0 Å². The van der Waals surface area contributed by atoms with Crippen molar-refractivity contribution < 1.29 is 13.6 Å². The molecule has 1 aromatic rings. The SMILES string of the molecule is O=C(CC1CSCCN1)Nc1cnn(CC(F)F)c1. The number of carbonyl (C=O) groups excluding carboxylic acids is 1. The first-order chi connectivity index (χ1) is 9.13. The van der Waals surface area contributed by atoms with Gasteiger partial charge in [-0.15, -0.1) is 0 Å². The summed E-state index contributed by atoms with van der Waals surface area (Å²) in [6.45, 7) is 0.450. The normalized spacial score (nSPS) is 19.6. The van der Waals surface area contributed by atoms with E-state index in [-0.39, 0.29) is 11.9 Å². The topological polar surface area (TPSA) is 59.0 Å². The molecule has 1 aliphatic heterocycles. The van der Waals surface area contributed by atoms with Gasteiger partial charge in [0.2, 0.25) is 5.91 Å². The Morgan fingerprint density at radius 3 is 3.21 bits per heavy atom. The van der Waals surface area contributed by atoms with E-state index >= 15 is 0 Å². The molecule has 0 radical (unpaired) electrons. The van der Waals surface area contributed by atoms with Crippen molar-refractivity contribution in [2.75, 3.05) is 23.4 Å².